The zero-order valence-corrected chi connectivity index (χ0v) is 10.5. The van der Waals surface area contributed by atoms with Crippen LogP contribution >= 0.6 is 15.9 Å². The maximum absolute atomic E-state index is 5.66. The second-order valence-electron chi connectivity index (χ2n) is 3.94. The lowest BCUT2D eigenvalue weighted by Crippen LogP contribution is -2.10. The van der Waals surface area contributed by atoms with Crippen molar-refractivity contribution in [1.29, 1.82) is 0 Å². The zero-order valence-electron chi connectivity index (χ0n) is 8.92. The van der Waals surface area contributed by atoms with Gasteiger partial charge < -0.3 is 10.1 Å². The quantitative estimate of drug-likeness (QED) is 0.849. The first-order chi connectivity index (χ1) is 7.31. The van der Waals surface area contributed by atoms with Gasteiger partial charge in [-0.3, -0.25) is 0 Å². The van der Waals surface area contributed by atoms with E-state index in [1.807, 2.05) is 13.1 Å². The molecule has 1 aromatic rings. The second-order valence-corrected chi connectivity index (χ2v) is 4.85. The Hall–Kier alpha value is -0.540. The van der Waals surface area contributed by atoms with Gasteiger partial charge in [-0.05, 0) is 44.6 Å². The van der Waals surface area contributed by atoms with Crippen molar-refractivity contribution in [3.63, 3.8) is 0 Å². The van der Waals surface area contributed by atoms with Crippen molar-refractivity contribution in [2.45, 2.75) is 18.8 Å². The number of benzene rings is 1. The summed E-state index contributed by atoms with van der Waals surface area (Å²) in [5.74, 6) is 1.64. The van der Waals surface area contributed by atoms with Crippen LogP contribution in [-0.2, 0) is 0 Å². The predicted molar refractivity (Wildman–Crippen MR) is 65.5 cm³/mol. The number of fused-ring (bicyclic) bond motifs is 1. The molecule has 82 valence electrons. The molecule has 0 saturated carbocycles. The molecule has 1 atom stereocenters. The van der Waals surface area contributed by atoms with Crippen LogP contribution in [0.5, 0.6) is 5.75 Å². The van der Waals surface area contributed by atoms with Gasteiger partial charge >= 0.3 is 0 Å². The van der Waals surface area contributed by atoms with Crippen LogP contribution in [-0.4, -0.2) is 20.2 Å². The van der Waals surface area contributed by atoms with Crippen LogP contribution in [0, 0.1) is 0 Å². The highest BCUT2D eigenvalue weighted by Gasteiger charge is 2.23. The first-order valence-corrected chi connectivity index (χ1v) is 6.17. The van der Waals surface area contributed by atoms with Crippen molar-refractivity contribution in [2.24, 2.45) is 0 Å². The van der Waals surface area contributed by atoms with E-state index >= 15 is 0 Å². The Bertz CT molecular complexity index is 340. The minimum absolute atomic E-state index is 0.575. The summed E-state index contributed by atoms with van der Waals surface area (Å²) in [5, 5.41) is 3.18. The third kappa shape index (κ3) is 2.52. The van der Waals surface area contributed by atoms with Crippen LogP contribution in [0.25, 0.3) is 0 Å². The van der Waals surface area contributed by atoms with E-state index in [2.05, 4.69) is 33.4 Å². The van der Waals surface area contributed by atoms with Crippen LogP contribution < -0.4 is 10.1 Å². The van der Waals surface area contributed by atoms with Crippen molar-refractivity contribution in [1.82, 2.24) is 5.32 Å². The normalized spacial score (nSPS) is 18.7. The van der Waals surface area contributed by atoms with E-state index in [1.54, 1.807) is 0 Å². The van der Waals surface area contributed by atoms with E-state index in [9.17, 15) is 0 Å². The molecule has 0 aliphatic carbocycles. The monoisotopic (exact) mass is 269 g/mol. The van der Waals surface area contributed by atoms with Gasteiger partial charge in [-0.15, -0.1) is 0 Å². The molecular weight excluding hydrogens is 254 g/mol. The van der Waals surface area contributed by atoms with Crippen molar-refractivity contribution in [3.05, 3.63) is 28.2 Å². The van der Waals surface area contributed by atoms with Crippen molar-refractivity contribution in [3.8, 4) is 5.75 Å². The first-order valence-electron chi connectivity index (χ1n) is 5.38. The average Bonchev–Trinajstić information content (AvgIpc) is 2.62. The van der Waals surface area contributed by atoms with Gasteiger partial charge in [0.15, 0.2) is 0 Å². The highest BCUT2D eigenvalue weighted by atomic mass is 79.9. The van der Waals surface area contributed by atoms with Crippen LogP contribution in [0.3, 0.4) is 0 Å². The molecule has 1 aliphatic rings. The fourth-order valence-corrected chi connectivity index (χ4v) is 2.39. The maximum Gasteiger partial charge on any atom is 0.122 e. The molecule has 0 fully saturated rings. The molecule has 0 spiro atoms. The molecule has 1 unspecified atom stereocenters. The van der Waals surface area contributed by atoms with E-state index in [-0.39, 0.29) is 0 Å². The van der Waals surface area contributed by atoms with Gasteiger partial charge in [0.2, 0.25) is 0 Å². The smallest absolute Gasteiger partial charge is 0.122 e. The summed E-state index contributed by atoms with van der Waals surface area (Å²) in [6, 6.07) is 6.28. The van der Waals surface area contributed by atoms with Crippen molar-refractivity contribution < 1.29 is 4.74 Å². The standard InChI is InChI=1S/C12H16BrNO/c1-14-6-2-3-9-8-15-12-5-4-10(13)7-11(9)12/h4-5,7,9,14H,2-3,6,8H2,1H3. The minimum atomic E-state index is 0.575. The molecule has 2 rings (SSSR count). The number of nitrogens with one attached hydrogen (secondary N) is 1. The minimum Gasteiger partial charge on any atom is -0.493 e. The van der Waals surface area contributed by atoms with Crippen LogP contribution in [0.15, 0.2) is 22.7 Å². The fraction of sp³-hybridized carbons (Fsp3) is 0.500. The van der Waals surface area contributed by atoms with Crippen LogP contribution in [0.4, 0.5) is 0 Å². The Kier molecular flexibility index (Phi) is 3.65. The third-order valence-electron chi connectivity index (χ3n) is 2.83. The Labute approximate surface area is 99.1 Å². The molecule has 0 bridgehead atoms. The molecule has 1 aromatic carbocycles. The first kappa shape index (κ1) is 11.0. The number of hydrogen-bond donors (Lipinski definition) is 1. The topological polar surface area (TPSA) is 21.3 Å². The molecule has 0 radical (unpaired) electrons. The molecule has 1 N–H and O–H groups in total. The average molecular weight is 270 g/mol. The molecule has 1 heterocycles. The van der Waals surface area contributed by atoms with Gasteiger partial charge in [-0.25, -0.2) is 0 Å². The molecule has 0 aromatic heterocycles. The lowest BCUT2D eigenvalue weighted by molar-refractivity contribution is 0.323. The third-order valence-corrected chi connectivity index (χ3v) is 3.32. The van der Waals surface area contributed by atoms with Gasteiger partial charge in [0.05, 0.1) is 6.61 Å². The highest BCUT2D eigenvalue weighted by Crippen LogP contribution is 2.37. The van der Waals surface area contributed by atoms with E-state index in [0.717, 1.165) is 23.4 Å². The van der Waals surface area contributed by atoms with E-state index in [0.29, 0.717) is 5.92 Å². The van der Waals surface area contributed by atoms with E-state index in [1.165, 1.54) is 18.4 Å². The largest absolute Gasteiger partial charge is 0.493 e. The summed E-state index contributed by atoms with van der Waals surface area (Å²) in [6.07, 6.45) is 2.40. The van der Waals surface area contributed by atoms with Gasteiger partial charge in [-0.1, -0.05) is 15.9 Å². The van der Waals surface area contributed by atoms with Gasteiger partial charge in [-0.2, -0.15) is 0 Å². The summed E-state index contributed by atoms with van der Waals surface area (Å²) in [7, 11) is 2.00. The Balaban J connectivity index is 2.03. The van der Waals surface area contributed by atoms with Gasteiger partial charge in [0.1, 0.15) is 5.75 Å². The summed E-state index contributed by atoms with van der Waals surface area (Å²) in [5.41, 5.74) is 1.36. The molecule has 0 amide bonds. The summed E-state index contributed by atoms with van der Waals surface area (Å²) in [4.78, 5) is 0. The van der Waals surface area contributed by atoms with Crippen molar-refractivity contribution >= 4 is 15.9 Å². The number of halogens is 1. The number of hydrogen-bond acceptors (Lipinski definition) is 2. The van der Waals surface area contributed by atoms with E-state index in [4.69, 9.17) is 4.74 Å². The maximum atomic E-state index is 5.66. The lowest BCUT2D eigenvalue weighted by Gasteiger charge is -2.08. The number of rotatable bonds is 4. The molecular formula is C12H16BrNO. The number of ether oxygens (including phenoxy) is 1. The highest BCUT2D eigenvalue weighted by molar-refractivity contribution is 9.10. The van der Waals surface area contributed by atoms with Crippen molar-refractivity contribution in [2.75, 3.05) is 20.2 Å². The summed E-state index contributed by atoms with van der Waals surface area (Å²) >= 11 is 3.51. The zero-order chi connectivity index (χ0) is 10.7. The molecule has 15 heavy (non-hydrogen) atoms. The van der Waals surface area contributed by atoms with Crippen LogP contribution in [0.2, 0.25) is 0 Å². The van der Waals surface area contributed by atoms with Gasteiger partial charge in [0, 0.05) is 16.0 Å². The SMILES string of the molecule is CNCCCC1COc2ccc(Br)cc21. The summed E-state index contributed by atoms with van der Waals surface area (Å²) < 4.78 is 6.80. The Morgan fingerprint density at radius 3 is 3.20 bits per heavy atom. The Morgan fingerprint density at radius 1 is 1.53 bits per heavy atom. The lowest BCUT2D eigenvalue weighted by atomic mass is 9.96. The predicted octanol–water partition coefficient (Wildman–Crippen LogP) is 2.92. The fourth-order valence-electron chi connectivity index (χ4n) is 2.01. The summed E-state index contributed by atoms with van der Waals surface area (Å²) in [6.45, 7) is 1.93. The molecule has 2 nitrogen and oxygen atoms in total. The molecule has 1 aliphatic heterocycles. The molecule has 3 heteroatoms. The van der Waals surface area contributed by atoms with Crippen LogP contribution in [0.1, 0.15) is 24.3 Å². The second kappa shape index (κ2) is 4.99. The van der Waals surface area contributed by atoms with Gasteiger partial charge in [0.25, 0.3) is 0 Å². The molecule has 0 saturated heterocycles. The van der Waals surface area contributed by atoms with E-state index < -0.39 is 0 Å². The Morgan fingerprint density at radius 2 is 2.40 bits per heavy atom.